The van der Waals surface area contributed by atoms with Crippen LogP contribution in [0.5, 0.6) is 0 Å². The van der Waals surface area contributed by atoms with Gasteiger partial charge in [0.1, 0.15) is 4.88 Å². The average Bonchev–Trinajstić information content (AvgIpc) is 3.03. The van der Waals surface area contributed by atoms with Crippen molar-refractivity contribution in [3.63, 3.8) is 0 Å². The van der Waals surface area contributed by atoms with E-state index < -0.39 is 0 Å². The van der Waals surface area contributed by atoms with Crippen LogP contribution in [-0.4, -0.2) is 37.8 Å². The Bertz CT molecular complexity index is 835. The standard InChI is InChI=1S/C17H17N5OS/c1-11-14(24-16(21-11)15-19-7-4-8-20-15)17(23)22(3)12(2)13-5-9-18-10-6-13/h4-10,12H,1-3H3/t12-/m0/s1. The van der Waals surface area contributed by atoms with E-state index in [0.717, 1.165) is 5.56 Å². The van der Waals surface area contributed by atoms with Crippen molar-refractivity contribution >= 4 is 17.2 Å². The van der Waals surface area contributed by atoms with E-state index in [0.29, 0.717) is 21.4 Å². The molecule has 0 aliphatic rings. The summed E-state index contributed by atoms with van der Waals surface area (Å²) in [7, 11) is 1.80. The summed E-state index contributed by atoms with van der Waals surface area (Å²) in [5.74, 6) is 0.478. The third kappa shape index (κ3) is 3.16. The Morgan fingerprint density at radius 1 is 1.17 bits per heavy atom. The Morgan fingerprint density at radius 3 is 2.50 bits per heavy atom. The van der Waals surface area contributed by atoms with Gasteiger partial charge in [0.2, 0.25) is 0 Å². The first-order valence-corrected chi connectivity index (χ1v) is 8.31. The third-order valence-corrected chi connectivity index (χ3v) is 4.98. The molecule has 0 spiro atoms. The molecule has 3 aromatic heterocycles. The molecular formula is C17H17N5OS. The number of hydrogen-bond donors (Lipinski definition) is 0. The van der Waals surface area contributed by atoms with E-state index in [1.54, 1.807) is 42.8 Å². The van der Waals surface area contributed by atoms with Crippen molar-refractivity contribution in [1.82, 2.24) is 24.8 Å². The number of pyridine rings is 1. The van der Waals surface area contributed by atoms with E-state index in [1.165, 1.54) is 11.3 Å². The number of rotatable bonds is 4. The Balaban J connectivity index is 1.86. The van der Waals surface area contributed by atoms with Crippen LogP contribution in [0.3, 0.4) is 0 Å². The van der Waals surface area contributed by atoms with Crippen molar-refractivity contribution < 1.29 is 4.79 Å². The summed E-state index contributed by atoms with van der Waals surface area (Å²) in [4.78, 5) is 32.0. The summed E-state index contributed by atoms with van der Waals surface area (Å²) in [6.45, 7) is 3.83. The molecule has 0 saturated carbocycles. The minimum absolute atomic E-state index is 0.0570. The molecule has 3 heterocycles. The van der Waals surface area contributed by atoms with Gasteiger partial charge in [0, 0.05) is 31.8 Å². The molecule has 6 nitrogen and oxygen atoms in total. The summed E-state index contributed by atoms with van der Waals surface area (Å²) >= 11 is 1.32. The highest BCUT2D eigenvalue weighted by molar-refractivity contribution is 7.17. The molecule has 0 saturated heterocycles. The predicted molar refractivity (Wildman–Crippen MR) is 92.6 cm³/mol. The van der Waals surface area contributed by atoms with Crippen molar-refractivity contribution in [3.8, 4) is 10.8 Å². The van der Waals surface area contributed by atoms with E-state index in [9.17, 15) is 4.79 Å². The Labute approximate surface area is 144 Å². The van der Waals surface area contributed by atoms with Crippen LogP contribution in [0, 0.1) is 6.92 Å². The second-order valence-electron chi connectivity index (χ2n) is 5.38. The molecule has 24 heavy (non-hydrogen) atoms. The lowest BCUT2D eigenvalue weighted by Crippen LogP contribution is -2.29. The zero-order valence-electron chi connectivity index (χ0n) is 13.7. The van der Waals surface area contributed by atoms with Crippen LogP contribution in [0.15, 0.2) is 43.0 Å². The van der Waals surface area contributed by atoms with Gasteiger partial charge in [0.25, 0.3) is 5.91 Å². The molecule has 0 bridgehead atoms. The fourth-order valence-electron chi connectivity index (χ4n) is 2.30. The summed E-state index contributed by atoms with van der Waals surface area (Å²) in [5.41, 5.74) is 1.73. The molecule has 0 aliphatic heterocycles. The van der Waals surface area contributed by atoms with Gasteiger partial charge in [-0.3, -0.25) is 9.78 Å². The lowest BCUT2D eigenvalue weighted by atomic mass is 10.1. The first-order valence-electron chi connectivity index (χ1n) is 7.50. The summed E-state index contributed by atoms with van der Waals surface area (Å²) in [5, 5.41) is 0.654. The van der Waals surface area contributed by atoms with E-state index in [1.807, 2.05) is 26.0 Å². The maximum Gasteiger partial charge on any atom is 0.266 e. The first kappa shape index (κ1) is 16.2. The van der Waals surface area contributed by atoms with Gasteiger partial charge in [-0.05, 0) is 37.6 Å². The van der Waals surface area contributed by atoms with Gasteiger partial charge in [0.05, 0.1) is 11.7 Å². The van der Waals surface area contributed by atoms with Crippen LogP contribution in [0.25, 0.3) is 10.8 Å². The van der Waals surface area contributed by atoms with E-state index in [4.69, 9.17) is 0 Å². The molecule has 0 unspecified atom stereocenters. The van der Waals surface area contributed by atoms with Gasteiger partial charge in [-0.2, -0.15) is 0 Å². The molecule has 3 rings (SSSR count). The van der Waals surface area contributed by atoms with E-state index >= 15 is 0 Å². The largest absolute Gasteiger partial charge is 0.334 e. The average molecular weight is 339 g/mol. The van der Waals surface area contributed by atoms with Crippen molar-refractivity contribution in [2.75, 3.05) is 7.05 Å². The normalized spacial score (nSPS) is 12.0. The van der Waals surface area contributed by atoms with Crippen LogP contribution >= 0.6 is 11.3 Å². The van der Waals surface area contributed by atoms with Gasteiger partial charge in [0.15, 0.2) is 10.8 Å². The molecule has 122 valence electrons. The molecule has 7 heteroatoms. The second kappa shape index (κ2) is 6.84. The highest BCUT2D eigenvalue weighted by atomic mass is 32.1. The van der Waals surface area contributed by atoms with E-state index in [-0.39, 0.29) is 11.9 Å². The van der Waals surface area contributed by atoms with Gasteiger partial charge in [-0.1, -0.05) is 0 Å². The van der Waals surface area contributed by atoms with Crippen LogP contribution in [0.4, 0.5) is 0 Å². The molecule has 0 fully saturated rings. The maximum atomic E-state index is 12.9. The lowest BCUT2D eigenvalue weighted by molar-refractivity contribution is 0.0746. The van der Waals surface area contributed by atoms with Crippen LogP contribution in [-0.2, 0) is 0 Å². The molecule has 0 N–H and O–H groups in total. The molecule has 0 radical (unpaired) electrons. The predicted octanol–water partition coefficient (Wildman–Crippen LogP) is 3.14. The van der Waals surface area contributed by atoms with Crippen LogP contribution in [0.2, 0.25) is 0 Å². The van der Waals surface area contributed by atoms with Crippen molar-refractivity contribution in [1.29, 1.82) is 0 Å². The smallest absolute Gasteiger partial charge is 0.266 e. The molecule has 3 aromatic rings. The second-order valence-corrected chi connectivity index (χ2v) is 6.38. The lowest BCUT2D eigenvalue weighted by Gasteiger charge is -2.24. The SMILES string of the molecule is Cc1nc(-c2ncccn2)sc1C(=O)N(C)[C@@H](C)c1ccncc1. The molecular weight excluding hydrogens is 322 g/mol. The number of amides is 1. The first-order chi connectivity index (χ1) is 11.6. The number of hydrogen-bond acceptors (Lipinski definition) is 6. The zero-order valence-corrected chi connectivity index (χ0v) is 14.5. The molecule has 0 aliphatic carbocycles. The number of carbonyl (C=O) groups excluding carboxylic acids is 1. The van der Waals surface area contributed by atoms with Crippen molar-refractivity contribution in [3.05, 3.63) is 59.1 Å². The summed E-state index contributed by atoms with van der Waals surface area (Å²) < 4.78 is 0. The van der Waals surface area contributed by atoms with E-state index in [2.05, 4.69) is 19.9 Å². The number of carbonyl (C=O) groups is 1. The maximum absolute atomic E-state index is 12.9. The fourth-order valence-corrected chi connectivity index (χ4v) is 3.30. The molecule has 1 atom stereocenters. The number of aromatic nitrogens is 4. The van der Waals surface area contributed by atoms with Gasteiger partial charge < -0.3 is 4.90 Å². The minimum Gasteiger partial charge on any atom is -0.334 e. The Hall–Kier alpha value is -2.67. The Kier molecular flexibility index (Phi) is 4.61. The quantitative estimate of drug-likeness (QED) is 0.730. The fraction of sp³-hybridized carbons (Fsp3) is 0.235. The van der Waals surface area contributed by atoms with Crippen LogP contribution < -0.4 is 0 Å². The van der Waals surface area contributed by atoms with Gasteiger partial charge in [-0.25, -0.2) is 15.0 Å². The number of nitrogens with zero attached hydrogens (tertiary/aromatic N) is 5. The minimum atomic E-state index is -0.0588. The number of thiazole rings is 1. The van der Waals surface area contributed by atoms with Crippen LogP contribution in [0.1, 0.15) is 33.9 Å². The summed E-state index contributed by atoms with van der Waals surface area (Å²) in [6.07, 6.45) is 6.79. The molecule has 0 aromatic carbocycles. The van der Waals surface area contributed by atoms with Gasteiger partial charge >= 0.3 is 0 Å². The number of aryl methyl sites for hydroxylation is 1. The monoisotopic (exact) mass is 339 g/mol. The highest BCUT2D eigenvalue weighted by Gasteiger charge is 2.24. The van der Waals surface area contributed by atoms with Crippen molar-refractivity contribution in [2.24, 2.45) is 0 Å². The third-order valence-electron chi connectivity index (χ3n) is 3.84. The topological polar surface area (TPSA) is 71.9 Å². The zero-order chi connectivity index (χ0) is 17.1. The summed E-state index contributed by atoms with van der Waals surface area (Å²) in [6, 6.07) is 5.52. The Morgan fingerprint density at radius 2 is 1.83 bits per heavy atom. The molecule has 1 amide bonds. The van der Waals surface area contributed by atoms with Gasteiger partial charge in [-0.15, -0.1) is 11.3 Å². The van der Waals surface area contributed by atoms with Crippen molar-refractivity contribution in [2.45, 2.75) is 19.9 Å². The highest BCUT2D eigenvalue weighted by Crippen LogP contribution is 2.28.